The molecule has 134 valence electrons. The number of thiocarbonyl (C=S) groups is 1. The van der Waals surface area contributed by atoms with E-state index in [1.54, 1.807) is 0 Å². The van der Waals surface area contributed by atoms with Gasteiger partial charge in [0.15, 0.2) is 5.11 Å². The molecule has 4 rings (SSSR count). The highest BCUT2D eigenvalue weighted by Crippen LogP contribution is 2.32. The molecular formula is C20H21ClN4S. The van der Waals surface area contributed by atoms with Gasteiger partial charge in [-0.1, -0.05) is 11.6 Å². The number of likely N-dealkylation sites (tertiary alicyclic amines) is 1. The number of aromatic nitrogens is 2. The number of nitrogens with one attached hydrogen (secondary N) is 2. The molecule has 1 aliphatic rings. The summed E-state index contributed by atoms with van der Waals surface area (Å²) in [5.41, 5.74) is 5.65. The number of nitrogens with zero attached hydrogens (tertiary/aromatic N) is 2. The van der Waals surface area contributed by atoms with Gasteiger partial charge in [0.1, 0.15) is 0 Å². The minimum Gasteiger partial charge on any atom is -0.360 e. The second-order valence-corrected chi connectivity index (χ2v) is 7.62. The molecule has 26 heavy (non-hydrogen) atoms. The molecule has 0 radical (unpaired) electrons. The van der Waals surface area contributed by atoms with E-state index in [0.29, 0.717) is 5.92 Å². The first-order chi connectivity index (χ1) is 12.6. The predicted octanol–water partition coefficient (Wildman–Crippen LogP) is 5.10. The quantitative estimate of drug-likeness (QED) is 0.603. The monoisotopic (exact) mass is 384 g/mol. The lowest BCUT2D eigenvalue weighted by Crippen LogP contribution is -2.40. The lowest BCUT2D eigenvalue weighted by molar-refractivity contribution is 0.317. The number of rotatable bonds is 2. The summed E-state index contributed by atoms with van der Waals surface area (Å²) in [4.78, 5) is 10.1. The molecule has 2 aromatic heterocycles. The van der Waals surface area contributed by atoms with E-state index in [2.05, 4.69) is 32.4 Å². The number of piperidine rings is 1. The van der Waals surface area contributed by atoms with Gasteiger partial charge in [0.05, 0.1) is 11.0 Å². The molecule has 1 saturated heterocycles. The van der Waals surface area contributed by atoms with Crippen molar-refractivity contribution in [2.24, 2.45) is 0 Å². The van der Waals surface area contributed by atoms with Crippen LogP contribution in [0.5, 0.6) is 0 Å². The van der Waals surface area contributed by atoms with Crippen molar-refractivity contribution in [1.29, 1.82) is 0 Å². The van der Waals surface area contributed by atoms with E-state index in [0.717, 1.165) is 58.4 Å². The van der Waals surface area contributed by atoms with Gasteiger partial charge >= 0.3 is 0 Å². The Morgan fingerprint density at radius 3 is 2.88 bits per heavy atom. The number of pyridine rings is 1. The van der Waals surface area contributed by atoms with Crippen molar-refractivity contribution < 1.29 is 0 Å². The number of H-pyrrole nitrogens is 1. The fourth-order valence-corrected chi connectivity index (χ4v) is 4.16. The minimum atomic E-state index is 0.523. The summed E-state index contributed by atoms with van der Waals surface area (Å²) >= 11 is 11.7. The van der Waals surface area contributed by atoms with Gasteiger partial charge in [0.25, 0.3) is 0 Å². The van der Waals surface area contributed by atoms with Gasteiger partial charge in [-0.2, -0.15) is 0 Å². The largest absolute Gasteiger partial charge is 0.360 e. The van der Waals surface area contributed by atoms with Crippen LogP contribution in [-0.4, -0.2) is 33.1 Å². The zero-order valence-electron chi connectivity index (χ0n) is 14.6. The van der Waals surface area contributed by atoms with Crippen LogP contribution in [0.1, 0.15) is 29.9 Å². The Kier molecular flexibility index (Phi) is 4.83. The lowest BCUT2D eigenvalue weighted by Gasteiger charge is -2.34. The fourth-order valence-electron chi connectivity index (χ4n) is 3.64. The van der Waals surface area contributed by atoms with Gasteiger partial charge in [0, 0.05) is 36.2 Å². The molecular weight excluding hydrogens is 364 g/mol. The van der Waals surface area contributed by atoms with E-state index in [1.165, 1.54) is 5.56 Å². The summed E-state index contributed by atoms with van der Waals surface area (Å²) in [6.45, 7) is 3.93. The van der Waals surface area contributed by atoms with Crippen molar-refractivity contribution in [2.45, 2.75) is 25.7 Å². The third kappa shape index (κ3) is 3.41. The fraction of sp³-hybridized carbons (Fsp3) is 0.300. The van der Waals surface area contributed by atoms with E-state index in [-0.39, 0.29) is 0 Å². The molecule has 1 aromatic carbocycles. The summed E-state index contributed by atoms with van der Waals surface area (Å²) < 4.78 is 0. The van der Waals surface area contributed by atoms with Crippen LogP contribution in [0.2, 0.25) is 5.02 Å². The Morgan fingerprint density at radius 1 is 1.31 bits per heavy atom. The highest BCUT2D eigenvalue weighted by atomic mass is 35.5. The van der Waals surface area contributed by atoms with Crippen LogP contribution in [-0.2, 0) is 0 Å². The summed E-state index contributed by atoms with van der Waals surface area (Å²) in [6, 6.07) is 9.86. The number of hydrogen-bond donors (Lipinski definition) is 2. The van der Waals surface area contributed by atoms with Crippen LogP contribution >= 0.6 is 23.8 Å². The van der Waals surface area contributed by atoms with Crippen LogP contribution in [0.3, 0.4) is 0 Å². The van der Waals surface area contributed by atoms with Crippen molar-refractivity contribution in [2.75, 3.05) is 18.4 Å². The topological polar surface area (TPSA) is 44.0 Å². The van der Waals surface area contributed by atoms with Gasteiger partial charge in [-0.15, -0.1) is 0 Å². The molecule has 4 nitrogen and oxygen atoms in total. The van der Waals surface area contributed by atoms with Crippen LogP contribution in [0.4, 0.5) is 5.69 Å². The van der Waals surface area contributed by atoms with Crippen LogP contribution in [0.25, 0.3) is 11.0 Å². The smallest absolute Gasteiger partial charge is 0.173 e. The van der Waals surface area contributed by atoms with E-state index in [9.17, 15) is 0 Å². The Balaban J connectivity index is 1.41. The Bertz CT molecular complexity index is 944. The molecule has 0 unspecified atom stereocenters. The standard InChI is InChI=1S/C20H21ClN4S/c1-13-11-15(21)4-5-17(13)24-20(26)25-9-6-14(7-10-25)16-12-23-18-3-2-8-22-19(16)18/h2-5,8,11-12,14,23H,6-7,9-10H2,1H3,(H,24,26). The second-order valence-electron chi connectivity index (χ2n) is 6.79. The first-order valence-electron chi connectivity index (χ1n) is 8.86. The summed E-state index contributed by atoms with van der Waals surface area (Å²) in [6.07, 6.45) is 6.13. The molecule has 0 amide bonds. The normalized spacial score (nSPS) is 15.4. The Morgan fingerprint density at radius 2 is 2.12 bits per heavy atom. The van der Waals surface area contributed by atoms with Crippen LogP contribution < -0.4 is 5.32 Å². The van der Waals surface area contributed by atoms with Gasteiger partial charge in [-0.25, -0.2) is 0 Å². The van der Waals surface area contributed by atoms with Gasteiger partial charge < -0.3 is 15.2 Å². The maximum absolute atomic E-state index is 6.03. The average Bonchev–Trinajstić information content (AvgIpc) is 3.08. The van der Waals surface area contributed by atoms with Crippen molar-refractivity contribution in [3.05, 3.63) is 58.9 Å². The molecule has 0 spiro atoms. The van der Waals surface area contributed by atoms with Crippen molar-refractivity contribution in [3.63, 3.8) is 0 Å². The third-order valence-electron chi connectivity index (χ3n) is 5.12. The first-order valence-corrected chi connectivity index (χ1v) is 9.64. The van der Waals surface area contributed by atoms with Gasteiger partial charge in [0.2, 0.25) is 0 Å². The second kappa shape index (κ2) is 7.25. The average molecular weight is 385 g/mol. The number of aromatic amines is 1. The van der Waals surface area contributed by atoms with E-state index >= 15 is 0 Å². The molecule has 0 atom stereocenters. The highest BCUT2D eigenvalue weighted by molar-refractivity contribution is 7.80. The molecule has 6 heteroatoms. The van der Waals surface area contributed by atoms with Crippen molar-refractivity contribution in [1.82, 2.24) is 14.9 Å². The minimum absolute atomic E-state index is 0.523. The highest BCUT2D eigenvalue weighted by Gasteiger charge is 2.24. The van der Waals surface area contributed by atoms with Crippen LogP contribution in [0.15, 0.2) is 42.7 Å². The third-order valence-corrected chi connectivity index (χ3v) is 5.71. The summed E-state index contributed by atoms with van der Waals surface area (Å²) in [5, 5.41) is 4.89. The molecule has 0 saturated carbocycles. The maximum atomic E-state index is 6.03. The van der Waals surface area contributed by atoms with E-state index in [4.69, 9.17) is 23.8 Å². The van der Waals surface area contributed by atoms with Crippen molar-refractivity contribution in [3.8, 4) is 0 Å². The molecule has 1 aliphatic heterocycles. The number of fused-ring (bicyclic) bond motifs is 1. The number of halogens is 1. The lowest BCUT2D eigenvalue weighted by atomic mass is 9.90. The summed E-state index contributed by atoms with van der Waals surface area (Å²) in [5.74, 6) is 0.523. The van der Waals surface area contributed by atoms with Gasteiger partial charge in [-0.05, 0) is 79.4 Å². The van der Waals surface area contributed by atoms with E-state index in [1.807, 2.05) is 37.4 Å². The number of benzene rings is 1. The van der Waals surface area contributed by atoms with Gasteiger partial charge in [-0.3, -0.25) is 4.98 Å². The molecule has 2 N–H and O–H groups in total. The number of anilines is 1. The zero-order valence-corrected chi connectivity index (χ0v) is 16.2. The molecule has 1 fully saturated rings. The van der Waals surface area contributed by atoms with Crippen molar-refractivity contribution >= 4 is 45.7 Å². The SMILES string of the molecule is Cc1cc(Cl)ccc1NC(=S)N1CCC(c2c[nH]c3cccnc23)CC1. The predicted molar refractivity (Wildman–Crippen MR) is 112 cm³/mol. The zero-order chi connectivity index (χ0) is 18.1. The number of aryl methyl sites for hydroxylation is 1. The Labute approximate surface area is 163 Å². The Hall–Kier alpha value is -2.11. The number of hydrogen-bond acceptors (Lipinski definition) is 2. The molecule has 0 bridgehead atoms. The van der Waals surface area contributed by atoms with E-state index < -0.39 is 0 Å². The summed E-state index contributed by atoms with van der Waals surface area (Å²) in [7, 11) is 0. The first kappa shape index (κ1) is 17.3. The maximum Gasteiger partial charge on any atom is 0.173 e. The molecule has 3 aromatic rings. The van der Waals surface area contributed by atoms with Crippen LogP contribution in [0, 0.1) is 6.92 Å². The molecule has 0 aliphatic carbocycles. The molecule has 3 heterocycles.